The van der Waals surface area contributed by atoms with Gasteiger partial charge in [-0.25, -0.2) is 4.98 Å². The fraction of sp³-hybridized carbons (Fsp3) is 0.435. The highest BCUT2D eigenvalue weighted by Gasteiger charge is 2.43. The van der Waals surface area contributed by atoms with Crippen molar-refractivity contribution in [3.8, 4) is 0 Å². The van der Waals surface area contributed by atoms with Crippen molar-refractivity contribution in [3.05, 3.63) is 61.0 Å². The van der Waals surface area contributed by atoms with Crippen LogP contribution in [0.3, 0.4) is 0 Å². The highest BCUT2D eigenvalue weighted by Crippen LogP contribution is 2.49. The molecule has 1 aliphatic heterocycles. The Bertz CT molecular complexity index is 1140. The number of thioether (sulfide) groups is 1. The number of rotatable bonds is 5. The van der Waals surface area contributed by atoms with Gasteiger partial charge < -0.3 is 10.3 Å². The molecule has 1 unspecified atom stereocenters. The van der Waals surface area contributed by atoms with Crippen LogP contribution in [0.25, 0.3) is 0 Å². The summed E-state index contributed by atoms with van der Waals surface area (Å²) >= 11 is 14.4. The zero-order valence-corrected chi connectivity index (χ0v) is 20.1. The molecule has 1 aromatic heterocycles. The van der Waals surface area contributed by atoms with Crippen LogP contribution in [0.5, 0.6) is 0 Å². The van der Waals surface area contributed by atoms with Crippen molar-refractivity contribution in [2.75, 3.05) is 11.1 Å². The van der Waals surface area contributed by atoms with E-state index in [4.69, 9.17) is 28.2 Å². The van der Waals surface area contributed by atoms with Crippen molar-refractivity contribution in [3.63, 3.8) is 0 Å². The maximum atomic E-state index is 13.3. The van der Waals surface area contributed by atoms with E-state index in [0.717, 1.165) is 24.3 Å². The second-order valence-corrected chi connectivity index (χ2v) is 10.7. The summed E-state index contributed by atoms with van der Waals surface area (Å²) in [6.07, 6.45) is 3.21. The van der Waals surface area contributed by atoms with E-state index in [0.29, 0.717) is 50.6 Å². The van der Waals surface area contributed by atoms with Crippen LogP contribution in [0.1, 0.15) is 63.5 Å². The Hall–Kier alpha value is -1.76. The number of hydrogen-bond donors (Lipinski definition) is 2. The van der Waals surface area contributed by atoms with Gasteiger partial charge in [-0.1, -0.05) is 74.3 Å². The van der Waals surface area contributed by atoms with Crippen LogP contribution < -0.4 is 10.9 Å². The molecule has 1 atom stereocenters. The van der Waals surface area contributed by atoms with Gasteiger partial charge in [-0.2, -0.15) is 0 Å². The number of benzene rings is 1. The third kappa shape index (κ3) is 4.30. The summed E-state index contributed by atoms with van der Waals surface area (Å²) < 4.78 is 0. The number of allylic oxidation sites excluding steroid dienone is 2. The van der Waals surface area contributed by atoms with Crippen molar-refractivity contribution in [2.45, 2.75) is 57.5 Å². The Labute approximate surface area is 196 Å². The summed E-state index contributed by atoms with van der Waals surface area (Å²) in [5, 5.41) is 4.65. The van der Waals surface area contributed by atoms with Crippen molar-refractivity contribution in [1.29, 1.82) is 0 Å². The largest absolute Gasteiger partial charge is 0.343 e. The van der Waals surface area contributed by atoms with Crippen LogP contribution in [-0.2, 0) is 4.79 Å². The monoisotopic (exact) mass is 477 g/mol. The third-order valence-electron chi connectivity index (χ3n) is 5.73. The average molecular weight is 478 g/mol. The molecule has 1 aromatic carbocycles. The molecular formula is C23H25Cl2N3O2S. The van der Waals surface area contributed by atoms with E-state index in [9.17, 15) is 9.59 Å². The first kappa shape index (κ1) is 22.4. The van der Waals surface area contributed by atoms with E-state index in [1.165, 1.54) is 11.8 Å². The van der Waals surface area contributed by atoms with Gasteiger partial charge in [-0.05, 0) is 29.9 Å². The zero-order valence-electron chi connectivity index (χ0n) is 17.8. The maximum absolute atomic E-state index is 13.3. The van der Waals surface area contributed by atoms with Gasteiger partial charge in [0.2, 0.25) is 0 Å². The van der Waals surface area contributed by atoms with Crippen LogP contribution in [0, 0.1) is 5.41 Å². The highest BCUT2D eigenvalue weighted by atomic mass is 35.5. The van der Waals surface area contributed by atoms with Gasteiger partial charge in [0.05, 0.1) is 15.6 Å². The number of anilines is 1. The molecule has 4 rings (SSSR count). The lowest BCUT2D eigenvalue weighted by molar-refractivity contribution is -0.118. The van der Waals surface area contributed by atoms with E-state index in [1.807, 2.05) is 6.07 Å². The number of carbonyl (C=O) groups is 1. The number of unbranched alkanes of at least 4 members (excludes halogenated alkanes) is 1. The molecule has 0 bridgehead atoms. The number of carbonyl (C=O) groups excluding carboxylic acids is 1. The molecule has 2 N–H and O–H groups in total. The van der Waals surface area contributed by atoms with Gasteiger partial charge in [-0.15, -0.1) is 0 Å². The van der Waals surface area contributed by atoms with Gasteiger partial charge in [0.25, 0.3) is 5.56 Å². The average Bonchev–Trinajstić information content (AvgIpc) is 2.68. The van der Waals surface area contributed by atoms with Crippen molar-refractivity contribution >= 4 is 46.6 Å². The molecule has 8 heteroatoms. The van der Waals surface area contributed by atoms with Crippen LogP contribution >= 0.6 is 35.0 Å². The lowest BCUT2D eigenvalue weighted by Crippen LogP contribution is -2.37. The number of nitrogens with one attached hydrogen (secondary N) is 2. The number of nitrogens with zero attached hydrogens (tertiary/aromatic N) is 1. The molecule has 164 valence electrons. The zero-order chi connectivity index (χ0) is 22.3. The summed E-state index contributed by atoms with van der Waals surface area (Å²) in [5.74, 6) is 0.785. The topological polar surface area (TPSA) is 74.8 Å². The molecule has 0 saturated carbocycles. The van der Waals surface area contributed by atoms with Crippen LogP contribution in [0.2, 0.25) is 10.0 Å². The minimum absolute atomic E-state index is 0.0197. The van der Waals surface area contributed by atoms with Crippen molar-refractivity contribution < 1.29 is 4.79 Å². The predicted molar refractivity (Wildman–Crippen MR) is 127 cm³/mol. The second kappa shape index (κ2) is 8.64. The normalized spacial score (nSPS) is 19.6. The van der Waals surface area contributed by atoms with Crippen LogP contribution in [0.15, 0.2) is 39.4 Å². The van der Waals surface area contributed by atoms with Gasteiger partial charge in [0.15, 0.2) is 10.9 Å². The molecule has 2 heterocycles. The lowest BCUT2D eigenvalue weighted by Gasteiger charge is -2.38. The lowest BCUT2D eigenvalue weighted by atomic mass is 9.69. The van der Waals surface area contributed by atoms with Crippen molar-refractivity contribution in [2.24, 2.45) is 5.41 Å². The highest BCUT2D eigenvalue weighted by molar-refractivity contribution is 7.99. The smallest absolute Gasteiger partial charge is 0.257 e. The van der Waals surface area contributed by atoms with Crippen molar-refractivity contribution in [1.82, 2.24) is 9.97 Å². The van der Waals surface area contributed by atoms with E-state index < -0.39 is 5.92 Å². The molecule has 1 aliphatic carbocycles. The fourth-order valence-electron chi connectivity index (χ4n) is 4.33. The van der Waals surface area contributed by atoms with E-state index in [1.54, 1.807) is 12.1 Å². The van der Waals surface area contributed by atoms with E-state index >= 15 is 0 Å². The number of halogens is 2. The molecular weight excluding hydrogens is 453 g/mol. The maximum Gasteiger partial charge on any atom is 0.257 e. The Kier molecular flexibility index (Phi) is 6.25. The van der Waals surface area contributed by atoms with Gasteiger partial charge >= 0.3 is 0 Å². The number of Topliss-reactive ketones (excluding diaryl/α,β-unsaturated/α-hetero) is 1. The quantitative estimate of drug-likeness (QED) is 0.305. The third-order valence-corrected chi connectivity index (χ3v) is 7.52. The molecule has 31 heavy (non-hydrogen) atoms. The number of aromatic nitrogens is 2. The second-order valence-electron chi connectivity index (χ2n) is 8.87. The summed E-state index contributed by atoms with van der Waals surface area (Å²) in [5.41, 5.74) is 2.03. The number of H-pyrrole nitrogens is 1. The van der Waals surface area contributed by atoms with Crippen LogP contribution in [-0.4, -0.2) is 21.5 Å². The van der Waals surface area contributed by atoms with Crippen LogP contribution in [0.4, 0.5) is 5.82 Å². The minimum Gasteiger partial charge on any atom is -0.343 e. The first-order chi connectivity index (χ1) is 14.7. The number of fused-ring (bicyclic) bond motifs is 1. The standard InChI is InChI=1S/C23H25Cl2N3O2S/c1-4-5-9-31-22-27-20-18(21(30)28-22)16(12-7-6-8-13(24)19(12)25)17-14(26-20)10-23(2,3)11-15(17)29/h6-8,16H,4-5,9-11H2,1-3H3,(H2,26,27,28,30). The molecule has 0 radical (unpaired) electrons. The minimum atomic E-state index is -0.605. The van der Waals surface area contributed by atoms with Gasteiger partial charge in [0.1, 0.15) is 5.82 Å². The van der Waals surface area contributed by atoms with Gasteiger partial charge in [-0.3, -0.25) is 9.59 Å². The summed E-state index contributed by atoms with van der Waals surface area (Å²) in [6, 6.07) is 5.32. The predicted octanol–water partition coefficient (Wildman–Crippen LogP) is 6.17. The van der Waals surface area contributed by atoms with E-state index in [-0.39, 0.29) is 16.8 Å². The molecule has 0 spiro atoms. The number of aromatic amines is 1. The summed E-state index contributed by atoms with van der Waals surface area (Å²) in [4.78, 5) is 34.1. The first-order valence-electron chi connectivity index (χ1n) is 10.5. The Morgan fingerprint density at radius 3 is 2.74 bits per heavy atom. The molecule has 0 fully saturated rings. The SMILES string of the molecule is CCCCSc1nc2c(c(=O)[nH]1)C(c1cccc(Cl)c1Cl)C1=C(CC(C)(C)CC1=O)N2. The number of ketones is 1. The molecule has 5 nitrogen and oxygen atoms in total. The van der Waals surface area contributed by atoms with Gasteiger partial charge in [0, 0.05) is 29.4 Å². The first-order valence-corrected chi connectivity index (χ1v) is 12.2. The molecule has 2 aliphatic rings. The Morgan fingerprint density at radius 1 is 1.23 bits per heavy atom. The Balaban J connectivity index is 1.91. The number of hydrogen-bond acceptors (Lipinski definition) is 5. The molecule has 0 saturated heterocycles. The summed E-state index contributed by atoms with van der Waals surface area (Å²) in [6.45, 7) is 6.27. The van der Waals surface area contributed by atoms with E-state index in [2.05, 4.69) is 31.1 Å². The molecule has 0 amide bonds. The fourth-order valence-corrected chi connectivity index (χ4v) is 5.69. The molecule has 2 aromatic rings. The Morgan fingerprint density at radius 2 is 2.00 bits per heavy atom. The summed E-state index contributed by atoms with van der Waals surface area (Å²) in [7, 11) is 0.